The molecule has 3 rings (SSSR count). The van der Waals surface area contributed by atoms with Crippen molar-refractivity contribution in [1.82, 2.24) is 4.98 Å². The third-order valence-electron chi connectivity index (χ3n) is 3.67. The first-order valence-electron chi connectivity index (χ1n) is 8.04. The van der Waals surface area contributed by atoms with Crippen LogP contribution in [0.3, 0.4) is 0 Å². The van der Waals surface area contributed by atoms with Crippen LogP contribution < -0.4 is 15.4 Å². The van der Waals surface area contributed by atoms with E-state index in [9.17, 15) is 4.79 Å². The third-order valence-corrected chi connectivity index (χ3v) is 3.90. The normalized spacial score (nSPS) is 10.2. The number of amides is 1. The Labute approximate surface area is 157 Å². The van der Waals surface area contributed by atoms with E-state index in [-0.39, 0.29) is 12.3 Å². The molecule has 0 saturated carbocycles. The van der Waals surface area contributed by atoms with Gasteiger partial charge in [-0.3, -0.25) is 4.79 Å². The molecule has 26 heavy (non-hydrogen) atoms. The fraction of sp³-hybridized carbons (Fsp3) is 0.100. The number of pyridine rings is 1. The summed E-state index contributed by atoms with van der Waals surface area (Å²) in [6, 6.07) is 18.4. The number of nitrogens with one attached hydrogen (secondary N) is 2. The van der Waals surface area contributed by atoms with Crippen LogP contribution in [0.25, 0.3) is 0 Å². The van der Waals surface area contributed by atoms with Crippen molar-refractivity contribution in [3.63, 3.8) is 0 Å². The van der Waals surface area contributed by atoms with E-state index in [4.69, 9.17) is 16.3 Å². The monoisotopic (exact) mass is 367 g/mol. The summed E-state index contributed by atoms with van der Waals surface area (Å²) in [5.41, 5.74) is 2.40. The third kappa shape index (κ3) is 4.97. The number of aromatic nitrogens is 1. The number of carbonyl (C=O) groups is 1. The molecule has 0 aliphatic rings. The quantitative estimate of drug-likeness (QED) is 0.664. The van der Waals surface area contributed by atoms with Gasteiger partial charge in [0.15, 0.2) is 0 Å². The highest BCUT2D eigenvalue weighted by Crippen LogP contribution is 2.20. The summed E-state index contributed by atoms with van der Waals surface area (Å²) in [5, 5.41) is 6.64. The first-order chi connectivity index (χ1) is 12.6. The number of anilines is 3. The number of methoxy groups -OCH3 is 1. The number of ether oxygens (including phenoxy) is 1. The van der Waals surface area contributed by atoms with Crippen molar-refractivity contribution in [3.05, 3.63) is 77.4 Å². The number of halogens is 1. The van der Waals surface area contributed by atoms with Gasteiger partial charge in [0.25, 0.3) is 0 Å². The minimum absolute atomic E-state index is 0.104. The molecule has 0 radical (unpaired) electrons. The molecule has 1 heterocycles. The molecule has 0 aliphatic heterocycles. The van der Waals surface area contributed by atoms with Gasteiger partial charge in [0.05, 0.1) is 25.4 Å². The van der Waals surface area contributed by atoms with Crippen LogP contribution in [0.4, 0.5) is 17.2 Å². The van der Waals surface area contributed by atoms with Crippen molar-refractivity contribution in [2.24, 2.45) is 0 Å². The largest absolute Gasteiger partial charge is 0.497 e. The minimum atomic E-state index is -0.104. The van der Waals surface area contributed by atoms with Gasteiger partial charge in [-0.2, -0.15) is 0 Å². The van der Waals surface area contributed by atoms with Crippen molar-refractivity contribution in [2.45, 2.75) is 6.42 Å². The molecule has 5 nitrogen and oxygen atoms in total. The van der Waals surface area contributed by atoms with E-state index in [0.717, 1.165) is 17.0 Å². The number of carbonyl (C=O) groups excluding carboxylic acids is 1. The second-order valence-corrected chi connectivity index (χ2v) is 6.08. The lowest BCUT2D eigenvalue weighted by molar-refractivity contribution is -0.115. The van der Waals surface area contributed by atoms with Gasteiger partial charge in [-0.15, -0.1) is 0 Å². The standard InChI is InChI=1S/C20H18ClN3O2/c1-26-18-8-5-14(6-9-18)11-20(25)24-17-7-10-19(22-13-17)23-16-4-2-3-15(21)12-16/h2-10,12-13H,11H2,1H3,(H,22,23)(H,24,25). The second-order valence-electron chi connectivity index (χ2n) is 5.64. The number of benzene rings is 2. The molecule has 0 spiro atoms. The number of hydrogen-bond donors (Lipinski definition) is 2. The van der Waals surface area contributed by atoms with Gasteiger partial charge >= 0.3 is 0 Å². The van der Waals surface area contributed by atoms with Gasteiger partial charge in [-0.05, 0) is 48.0 Å². The molecule has 1 aromatic heterocycles. The van der Waals surface area contributed by atoms with Crippen molar-refractivity contribution in [1.29, 1.82) is 0 Å². The molecule has 0 aliphatic carbocycles. The van der Waals surface area contributed by atoms with Gasteiger partial charge in [0.2, 0.25) is 5.91 Å². The van der Waals surface area contributed by atoms with Crippen molar-refractivity contribution >= 4 is 34.7 Å². The lowest BCUT2D eigenvalue weighted by Gasteiger charge is -2.08. The average molecular weight is 368 g/mol. The predicted octanol–water partition coefficient (Wildman–Crippen LogP) is 4.67. The number of nitrogens with zero attached hydrogens (tertiary/aromatic N) is 1. The van der Waals surface area contributed by atoms with E-state index in [2.05, 4.69) is 15.6 Å². The maximum Gasteiger partial charge on any atom is 0.228 e. The minimum Gasteiger partial charge on any atom is -0.497 e. The summed E-state index contributed by atoms with van der Waals surface area (Å²) in [6.07, 6.45) is 1.89. The summed E-state index contributed by atoms with van der Waals surface area (Å²) in [4.78, 5) is 16.5. The Morgan fingerprint density at radius 2 is 1.88 bits per heavy atom. The topological polar surface area (TPSA) is 63.2 Å². The van der Waals surface area contributed by atoms with E-state index in [1.165, 1.54) is 0 Å². The maximum absolute atomic E-state index is 12.1. The van der Waals surface area contributed by atoms with E-state index in [1.54, 1.807) is 25.4 Å². The number of hydrogen-bond acceptors (Lipinski definition) is 4. The molecule has 3 aromatic rings. The van der Waals surface area contributed by atoms with Gasteiger partial charge in [0, 0.05) is 10.7 Å². The van der Waals surface area contributed by atoms with E-state index in [0.29, 0.717) is 16.5 Å². The smallest absolute Gasteiger partial charge is 0.228 e. The molecule has 2 aromatic carbocycles. The first kappa shape index (κ1) is 17.8. The van der Waals surface area contributed by atoms with Crippen LogP contribution in [-0.2, 0) is 11.2 Å². The average Bonchev–Trinajstić information content (AvgIpc) is 2.64. The number of rotatable bonds is 6. The van der Waals surface area contributed by atoms with E-state index >= 15 is 0 Å². The predicted molar refractivity (Wildman–Crippen MR) is 104 cm³/mol. The Bertz CT molecular complexity index is 880. The van der Waals surface area contributed by atoms with Crippen molar-refractivity contribution in [3.8, 4) is 5.75 Å². The summed E-state index contributed by atoms with van der Waals surface area (Å²) < 4.78 is 5.11. The Kier molecular flexibility index (Phi) is 5.71. The Morgan fingerprint density at radius 3 is 2.54 bits per heavy atom. The van der Waals surface area contributed by atoms with Gasteiger partial charge in [-0.1, -0.05) is 29.8 Å². The molecule has 0 saturated heterocycles. The van der Waals surface area contributed by atoms with Crippen LogP contribution in [0.5, 0.6) is 5.75 Å². The molecule has 0 atom stereocenters. The van der Waals surface area contributed by atoms with Crippen molar-refractivity contribution in [2.75, 3.05) is 17.7 Å². The molecule has 0 bridgehead atoms. The highest BCUT2D eigenvalue weighted by atomic mass is 35.5. The zero-order chi connectivity index (χ0) is 18.4. The molecule has 1 amide bonds. The molecule has 132 valence electrons. The molecule has 0 fully saturated rings. The Morgan fingerprint density at radius 1 is 1.08 bits per heavy atom. The lowest BCUT2D eigenvalue weighted by Crippen LogP contribution is -2.14. The zero-order valence-corrected chi connectivity index (χ0v) is 15.0. The van der Waals surface area contributed by atoms with Gasteiger partial charge in [0.1, 0.15) is 11.6 Å². The molecular formula is C20H18ClN3O2. The van der Waals surface area contributed by atoms with Gasteiger partial charge in [-0.25, -0.2) is 4.98 Å². The Balaban J connectivity index is 1.57. The highest BCUT2D eigenvalue weighted by Gasteiger charge is 2.05. The van der Waals surface area contributed by atoms with Crippen LogP contribution in [0.2, 0.25) is 5.02 Å². The van der Waals surface area contributed by atoms with Crippen LogP contribution >= 0.6 is 11.6 Å². The highest BCUT2D eigenvalue weighted by molar-refractivity contribution is 6.30. The van der Waals surface area contributed by atoms with E-state index in [1.807, 2.05) is 48.5 Å². The van der Waals surface area contributed by atoms with Crippen molar-refractivity contribution < 1.29 is 9.53 Å². The first-order valence-corrected chi connectivity index (χ1v) is 8.41. The summed E-state index contributed by atoms with van der Waals surface area (Å²) >= 11 is 5.96. The van der Waals surface area contributed by atoms with E-state index < -0.39 is 0 Å². The van der Waals surface area contributed by atoms with Crippen LogP contribution in [0, 0.1) is 0 Å². The lowest BCUT2D eigenvalue weighted by atomic mass is 10.1. The zero-order valence-electron chi connectivity index (χ0n) is 14.2. The van der Waals surface area contributed by atoms with Crippen LogP contribution in [-0.4, -0.2) is 18.0 Å². The fourth-order valence-electron chi connectivity index (χ4n) is 2.39. The van der Waals surface area contributed by atoms with Gasteiger partial charge < -0.3 is 15.4 Å². The van der Waals surface area contributed by atoms with Crippen LogP contribution in [0.15, 0.2) is 66.9 Å². The molecular weight excluding hydrogens is 350 g/mol. The summed E-state index contributed by atoms with van der Waals surface area (Å²) in [7, 11) is 1.61. The molecule has 2 N–H and O–H groups in total. The molecule has 0 unspecified atom stereocenters. The molecule has 6 heteroatoms. The summed E-state index contributed by atoms with van der Waals surface area (Å²) in [5.74, 6) is 1.33. The fourth-order valence-corrected chi connectivity index (χ4v) is 2.58. The SMILES string of the molecule is COc1ccc(CC(=O)Nc2ccc(Nc3cccc(Cl)c3)nc2)cc1. The maximum atomic E-state index is 12.1. The second kappa shape index (κ2) is 8.36. The van der Waals surface area contributed by atoms with Crippen LogP contribution in [0.1, 0.15) is 5.56 Å². The Hall–Kier alpha value is -3.05. The summed E-state index contributed by atoms with van der Waals surface area (Å²) in [6.45, 7) is 0.